The first-order chi connectivity index (χ1) is 11.5. The first kappa shape index (κ1) is 16.4. The number of piperidine rings is 1. The SMILES string of the molecule is Cc1ccc(N2CCC[C@H](C(=O)Nc3cccc(C)c3C)C2)nn1. The Labute approximate surface area is 143 Å². The first-order valence-corrected chi connectivity index (χ1v) is 8.47. The van der Waals surface area contributed by atoms with Crippen LogP contribution in [0.15, 0.2) is 30.3 Å². The summed E-state index contributed by atoms with van der Waals surface area (Å²) in [4.78, 5) is 14.8. The monoisotopic (exact) mass is 324 g/mol. The van der Waals surface area contributed by atoms with Crippen molar-refractivity contribution in [2.45, 2.75) is 33.6 Å². The summed E-state index contributed by atoms with van der Waals surface area (Å²) in [5.41, 5.74) is 4.13. The van der Waals surface area contributed by atoms with Crippen LogP contribution in [0, 0.1) is 26.7 Å². The van der Waals surface area contributed by atoms with Gasteiger partial charge in [-0.25, -0.2) is 0 Å². The fourth-order valence-corrected chi connectivity index (χ4v) is 3.08. The molecule has 126 valence electrons. The van der Waals surface area contributed by atoms with Crippen molar-refractivity contribution in [3.63, 3.8) is 0 Å². The van der Waals surface area contributed by atoms with E-state index in [-0.39, 0.29) is 11.8 Å². The third-order valence-corrected chi connectivity index (χ3v) is 4.76. The van der Waals surface area contributed by atoms with E-state index in [4.69, 9.17) is 0 Å². The number of hydrogen-bond acceptors (Lipinski definition) is 4. The summed E-state index contributed by atoms with van der Waals surface area (Å²) in [5.74, 6) is 0.917. The van der Waals surface area contributed by atoms with Crippen molar-refractivity contribution < 1.29 is 4.79 Å². The van der Waals surface area contributed by atoms with Gasteiger partial charge in [0.1, 0.15) is 0 Å². The quantitative estimate of drug-likeness (QED) is 0.941. The molecule has 24 heavy (non-hydrogen) atoms. The number of carbonyl (C=O) groups is 1. The molecule has 0 aliphatic carbocycles. The normalized spacial score (nSPS) is 17.6. The Bertz CT molecular complexity index is 727. The Balaban J connectivity index is 1.69. The Kier molecular flexibility index (Phi) is 4.79. The van der Waals surface area contributed by atoms with Crippen LogP contribution in [0.25, 0.3) is 0 Å². The van der Waals surface area contributed by atoms with Crippen LogP contribution in [0.1, 0.15) is 29.7 Å². The van der Waals surface area contributed by atoms with Crippen LogP contribution in [0.2, 0.25) is 0 Å². The van der Waals surface area contributed by atoms with Gasteiger partial charge < -0.3 is 10.2 Å². The molecule has 1 atom stereocenters. The van der Waals surface area contributed by atoms with E-state index in [0.29, 0.717) is 6.54 Å². The van der Waals surface area contributed by atoms with Crippen LogP contribution in [-0.2, 0) is 4.79 Å². The van der Waals surface area contributed by atoms with Crippen molar-refractivity contribution in [3.05, 3.63) is 47.2 Å². The fraction of sp³-hybridized carbons (Fsp3) is 0.421. The minimum Gasteiger partial charge on any atom is -0.354 e. The molecule has 2 aromatic rings. The molecule has 0 unspecified atom stereocenters. The summed E-state index contributed by atoms with van der Waals surface area (Å²) in [6.07, 6.45) is 1.90. The van der Waals surface area contributed by atoms with Crippen molar-refractivity contribution in [2.24, 2.45) is 5.92 Å². The maximum Gasteiger partial charge on any atom is 0.229 e. The largest absolute Gasteiger partial charge is 0.354 e. The van der Waals surface area contributed by atoms with Crippen LogP contribution >= 0.6 is 0 Å². The van der Waals surface area contributed by atoms with Crippen molar-refractivity contribution in [1.29, 1.82) is 0 Å². The molecule has 0 spiro atoms. The van der Waals surface area contributed by atoms with Gasteiger partial charge in [-0.05, 0) is 62.9 Å². The Hall–Kier alpha value is -2.43. The summed E-state index contributed by atoms with van der Waals surface area (Å²) in [6.45, 7) is 7.64. The van der Waals surface area contributed by atoms with Crippen molar-refractivity contribution in [1.82, 2.24) is 10.2 Å². The van der Waals surface area contributed by atoms with E-state index < -0.39 is 0 Å². The van der Waals surface area contributed by atoms with Crippen LogP contribution in [0.3, 0.4) is 0 Å². The Morgan fingerprint density at radius 1 is 1.17 bits per heavy atom. The molecule has 5 heteroatoms. The molecule has 2 heterocycles. The highest BCUT2D eigenvalue weighted by Gasteiger charge is 2.27. The van der Waals surface area contributed by atoms with Crippen molar-refractivity contribution >= 4 is 17.4 Å². The number of anilines is 2. The summed E-state index contributed by atoms with van der Waals surface area (Å²) in [6, 6.07) is 9.94. The molecule has 1 aromatic heterocycles. The van der Waals surface area contributed by atoms with Gasteiger partial charge in [-0.15, -0.1) is 5.10 Å². The second-order valence-corrected chi connectivity index (χ2v) is 6.55. The molecule has 3 rings (SSSR count). The van der Waals surface area contributed by atoms with Gasteiger partial charge in [0, 0.05) is 18.8 Å². The molecule has 1 N–H and O–H groups in total. The highest BCUT2D eigenvalue weighted by Crippen LogP contribution is 2.24. The van der Waals surface area contributed by atoms with E-state index in [1.54, 1.807) is 0 Å². The maximum atomic E-state index is 12.7. The minimum atomic E-state index is -0.0261. The molecule has 1 saturated heterocycles. The Morgan fingerprint density at radius 2 is 2.00 bits per heavy atom. The summed E-state index contributed by atoms with van der Waals surface area (Å²) < 4.78 is 0. The standard InChI is InChI=1S/C19H24N4O/c1-13-6-4-8-17(15(13)3)20-19(24)16-7-5-11-23(12-16)18-10-9-14(2)21-22-18/h4,6,8-10,16H,5,7,11-12H2,1-3H3,(H,20,24)/t16-/m0/s1. The number of carbonyl (C=O) groups excluding carboxylic acids is 1. The van der Waals surface area contributed by atoms with Crippen LogP contribution < -0.4 is 10.2 Å². The molecule has 1 aromatic carbocycles. The number of aryl methyl sites for hydroxylation is 2. The summed E-state index contributed by atoms with van der Waals surface area (Å²) in [5, 5.41) is 11.5. The third-order valence-electron chi connectivity index (χ3n) is 4.76. The van der Waals surface area contributed by atoms with Gasteiger partial charge in [0.2, 0.25) is 5.91 Å². The molecule has 1 amide bonds. The van der Waals surface area contributed by atoms with E-state index in [1.807, 2.05) is 38.1 Å². The number of hydrogen-bond donors (Lipinski definition) is 1. The molecule has 5 nitrogen and oxygen atoms in total. The lowest BCUT2D eigenvalue weighted by atomic mass is 9.96. The van der Waals surface area contributed by atoms with Crippen molar-refractivity contribution in [3.8, 4) is 0 Å². The lowest BCUT2D eigenvalue weighted by Crippen LogP contribution is -2.41. The van der Waals surface area contributed by atoms with E-state index in [2.05, 4.69) is 33.4 Å². The number of amides is 1. The highest BCUT2D eigenvalue weighted by atomic mass is 16.1. The number of nitrogens with zero attached hydrogens (tertiary/aromatic N) is 3. The summed E-state index contributed by atoms with van der Waals surface area (Å²) in [7, 11) is 0. The number of benzene rings is 1. The molecule has 1 aliphatic heterocycles. The molecule has 0 radical (unpaired) electrons. The zero-order valence-corrected chi connectivity index (χ0v) is 14.5. The average molecular weight is 324 g/mol. The molecule has 1 aliphatic rings. The smallest absolute Gasteiger partial charge is 0.229 e. The van der Waals surface area contributed by atoms with Crippen LogP contribution in [0.5, 0.6) is 0 Å². The van der Waals surface area contributed by atoms with Gasteiger partial charge in [-0.1, -0.05) is 12.1 Å². The molecule has 0 saturated carbocycles. The average Bonchev–Trinajstić information content (AvgIpc) is 2.60. The molecular weight excluding hydrogens is 300 g/mol. The first-order valence-electron chi connectivity index (χ1n) is 8.47. The number of nitrogens with one attached hydrogen (secondary N) is 1. The molecule has 0 bridgehead atoms. The van der Waals surface area contributed by atoms with Crippen LogP contribution in [0.4, 0.5) is 11.5 Å². The van der Waals surface area contributed by atoms with Gasteiger partial charge in [0.25, 0.3) is 0 Å². The third kappa shape index (κ3) is 3.55. The minimum absolute atomic E-state index is 0.0261. The lowest BCUT2D eigenvalue weighted by molar-refractivity contribution is -0.120. The summed E-state index contributed by atoms with van der Waals surface area (Å²) >= 11 is 0. The van der Waals surface area contributed by atoms with E-state index in [0.717, 1.165) is 42.1 Å². The van der Waals surface area contributed by atoms with Gasteiger partial charge >= 0.3 is 0 Å². The lowest BCUT2D eigenvalue weighted by Gasteiger charge is -2.32. The van der Waals surface area contributed by atoms with Gasteiger partial charge in [-0.2, -0.15) is 5.10 Å². The second kappa shape index (κ2) is 6.99. The second-order valence-electron chi connectivity index (χ2n) is 6.55. The topological polar surface area (TPSA) is 58.1 Å². The highest BCUT2D eigenvalue weighted by molar-refractivity contribution is 5.93. The predicted molar refractivity (Wildman–Crippen MR) is 96.3 cm³/mol. The van der Waals surface area contributed by atoms with Crippen molar-refractivity contribution in [2.75, 3.05) is 23.3 Å². The predicted octanol–water partition coefficient (Wildman–Crippen LogP) is 3.26. The molecular formula is C19H24N4O. The zero-order valence-electron chi connectivity index (χ0n) is 14.5. The fourth-order valence-electron chi connectivity index (χ4n) is 3.08. The molecule has 1 fully saturated rings. The van der Waals surface area contributed by atoms with Gasteiger partial charge in [-0.3, -0.25) is 4.79 Å². The van der Waals surface area contributed by atoms with Gasteiger partial charge in [0.05, 0.1) is 11.6 Å². The number of aromatic nitrogens is 2. The Morgan fingerprint density at radius 3 is 2.75 bits per heavy atom. The zero-order chi connectivity index (χ0) is 17.1. The number of rotatable bonds is 3. The van der Waals surface area contributed by atoms with E-state index >= 15 is 0 Å². The van der Waals surface area contributed by atoms with E-state index in [9.17, 15) is 4.79 Å². The van der Waals surface area contributed by atoms with Crippen LogP contribution in [-0.4, -0.2) is 29.2 Å². The van der Waals surface area contributed by atoms with E-state index in [1.165, 1.54) is 5.56 Å². The van der Waals surface area contributed by atoms with Gasteiger partial charge in [0.15, 0.2) is 5.82 Å². The maximum absolute atomic E-state index is 12.7.